The van der Waals surface area contributed by atoms with Crippen LogP contribution in [0.2, 0.25) is 0 Å². The molecule has 0 aromatic heterocycles. The highest BCUT2D eigenvalue weighted by Crippen LogP contribution is 2.09. The Balaban J connectivity index is 4.54. The summed E-state index contributed by atoms with van der Waals surface area (Å²) in [4.78, 5) is 20.6. The monoisotopic (exact) mass is 158 g/mol. The lowest BCUT2D eigenvalue weighted by Crippen LogP contribution is -2.17. The zero-order chi connectivity index (χ0) is 9.02. The van der Waals surface area contributed by atoms with E-state index in [0.717, 1.165) is 0 Å². The molecule has 62 valence electrons. The Bertz CT molecular complexity index is 204. The van der Waals surface area contributed by atoms with Gasteiger partial charge in [0.15, 0.2) is 0 Å². The highest BCUT2D eigenvalue weighted by Gasteiger charge is 2.20. The normalized spacial score (nSPS) is 14.2. The number of carboxylic acid groups (broad SMARTS) is 2. The molecule has 0 aromatic carbocycles. The van der Waals surface area contributed by atoms with Crippen LogP contribution in [0.3, 0.4) is 0 Å². The zero-order valence-electron chi connectivity index (χ0n) is 6.37. The van der Waals surface area contributed by atoms with Gasteiger partial charge < -0.3 is 10.2 Å². The number of carboxylic acids is 2. The van der Waals surface area contributed by atoms with Crippen molar-refractivity contribution in [1.82, 2.24) is 0 Å². The maximum Gasteiger partial charge on any atom is 0.332 e. The topological polar surface area (TPSA) is 74.6 Å². The molecule has 0 aliphatic carbocycles. The van der Waals surface area contributed by atoms with Crippen LogP contribution in [0.1, 0.15) is 13.8 Å². The maximum absolute atomic E-state index is 10.3. The van der Waals surface area contributed by atoms with Crippen LogP contribution in [-0.2, 0) is 9.59 Å². The number of rotatable bonds is 3. The number of hydrogen-bond acceptors (Lipinski definition) is 2. The minimum Gasteiger partial charge on any atom is -0.481 e. The maximum atomic E-state index is 10.3. The first kappa shape index (κ1) is 9.68. The van der Waals surface area contributed by atoms with Crippen LogP contribution < -0.4 is 0 Å². The minimum atomic E-state index is -1.18. The molecular formula is C7H10O4. The van der Waals surface area contributed by atoms with Gasteiger partial charge in [0.25, 0.3) is 0 Å². The summed E-state index contributed by atoms with van der Waals surface area (Å²) in [6.07, 6.45) is 1.29. The molecule has 0 radical (unpaired) electrons. The molecule has 0 saturated heterocycles. The summed E-state index contributed by atoms with van der Waals surface area (Å²) in [5, 5.41) is 16.9. The lowest BCUT2D eigenvalue weighted by atomic mass is 10.0. The first-order valence-electron chi connectivity index (χ1n) is 3.13. The molecule has 0 amide bonds. The van der Waals surface area contributed by atoms with Crippen LogP contribution in [0.15, 0.2) is 11.6 Å². The molecule has 0 aromatic rings. The summed E-state index contributed by atoms with van der Waals surface area (Å²) in [7, 11) is 0. The van der Waals surface area contributed by atoms with Crippen molar-refractivity contribution in [3.63, 3.8) is 0 Å². The second-order valence-corrected chi connectivity index (χ2v) is 2.11. The molecule has 0 spiro atoms. The molecule has 4 nitrogen and oxygen atoms in total. The lowest BCUT2D eigenvalue weighted by Gasteiger charge is -2.04. The molecule has 0 saturated carbocycles. The number of carbonyl (C=O) groups is 2. The fraction of sp³-hybridized carbons (Fsp3) is 0.429. The standard InChI is InChI=1S/C7H10O4/c1-3-5(7(10)11)4(2)6(8)9/h3-4H,1-2H3,(H,8,9)(H,10,11). The van der Waals surface area contributed by atoms with Crippen LogP contribution in [0.25, 0.3) is 0 Å². The van der Waals surface area contributed by atoms with E-state index in [1.807, 2.05) is 0 Å². The predicted octanol–water partition coefficient (Wildman–Crippen LogP) is 0.738. The van der Waals surface area contributed by atoms with Crippen LogP contribution in [0, 0.1) is 5.92 Å². The van der Waals surface area contributed by atoms with Gasteiger partial charge in [-0.25, -0.2) is 4.79 Å². The SMILES string of the molecule is CC=C(C(=O)O)C(C)C(=O)O. The van der Waals surface area contributed by atoms with E-state index in [2.05, 4.69) is 0 Å². The van der Waals surface area contributed by atoms with Gasteiger partial charge in [-0.1, -0.05) is 6.08 Å². The van der Waals surface area contributed by atoms with Crippen molar-refractivity contribution in [3.8, 4) is 0 Å². The van der Waals surface area contributed by atoms with Gasteiger partial charge in [0.05, 0.1) is 5.92 Å². The third-order valence-electron chi connectivity index (χ3n) is 1.39. The van der Waals surface area contributed by atoms with E-state index in [9.17, 15) is 9.59 Å². The smallest absolute Gasteiger partial charge is 0.332 e. The molecule has 0 fully saturated rings. The van der Waals surface area contributed by atoms with E-state index < -0.39 is 17.9 Å². The fourth-order valence-electron chi connectivity index (χ4n) is 0.692. The van der Waals surface area contributed by atoms with Crippen molar-refractivity contribution < 1.29 is 19.8 Å². The summed E-state index contributed by atoms with van der Waals surface area (Å²) < 4.78 is 0. The predicted molar refractivity (Wildman–Crippen MR) is 38.2 cm³/mol. The van der Waals surface area contributed by atoms with E-state index in [1.54, 1.807) is 0 Å². The third kappa shape index (κ3) is 2.41. The van der Waals surface area contributed by atoms with Gasteiger partial charge in [0.1, 0.15) is 0 Å². The Morgan fingerprint density at radius 1 is 1.36 bits per heavy atom. The van der Waals surface area contributed by atoms with Crippen molar-refractivity contribution in [2.24, 2.45) is 5.92 Å². The van der Waals surface area contributed by atoms with Gasteiger partial charge in [-0.2, -0.15) is 0 Å². The summed E-state index contributed by atoms with van der Waals surface area (Å²) in [5.41, 5.74) is -0.0856. The van der Waals surface area contributed by atoms with Gasteiger partial charge in [0.2, 0.25) is 0 Å². The molecule has 4 heteroatoms. The van der Waals surface area contributed by atoms with Crippen molar-refractivity contribution >= 4 is 11.9 Å². The van der Waals surface area contributed by atoms with Crippen LogP contribution in [0.4, 0.5) is 0 Å². The van der Waals surface area contributed by atoms with Gasteiger partial charge in [-0.3, -0.25) is 4.79 Å². The molecule has 11 heavy (non-hydrogen) atoms. The number of allylic oxidation sites excluding steroid dienone is 1. The Hall–Kier alpha value is -1.32. The average Bonchev–Trinajstić information content (AvgIpc) is 1.88. The van der Waals surface area contributed by atoms with E-state index in [-0.39, 0.29) is 5.57 Å². The van der Waals surface area contributed by atoms with Crippen LogP contribution >= 0.6 is 0 Å². The van der Waals surface area contributed by atoms with Crippen molar-refractivity contribution in [3.05, 3.63) is 11.6 Å². The Labute approximate surface area is 64.2 Å². The molecule has 2 N–H and O–H groups in total. The van der Waals surface area contributed by atoms with Gasteiger partial charge in [0, 0.05) is 5.57 Å². The molecule has 0 heterocycles. The molecule has 1 atom stereocenters. The fourth-order valence-corrected chi connectivity index (χ4v) is 0.692. The largest absolute Gasteiger partial charge is 0.481 e. The number of hydrogen-bond donors (Lipinski definition) is 2. The van der Waals surface area contributed by atoms with Gasteiger partial charge >= 0.3 is 11.9 Å². The first-order valence-corrected chi connectivity index (χ1v) is 3.13. The first-order chi connectivity index (χ1) is 5.00. The Kier molecular flexibility index (Phi) is 3.30. The van der Waals surface area contributed by atoms with Crippen LogP contribution in [-0.4, -0.2) is 22.2 Å². The van der Waals surface area contributed by atoms with Crippen molar-refractivity contribution in [2.45, 2.75) is 13.8 Å². The second-order valence-electron chi connectivity index (χ2n) is 2.11. The third-order valence-corrected chi connectivity index (χ3v) is 1.39. The average molecular weight is 158 g/mol. The Morgan fingerprint density at radius 3 is 1.91 bits per heavy atom. The lowest BCUT2D eigenvalue weighted by molar-refractivity contribution is -0.143. The van der Waals surface area contributed by atoms with Crippen molar-refractivity contribution in [1.29, 1.82) is 0 Å². The minimum absolute atomic E-state index is 0.0856. The highest BCUT2D eigenvalue weighted by atomic mass is 16.4. The quantitative estimate of drug-likeness (QED) is 0.594. The second kappa shape index (κ2) is 3.75. The summed E-state index contributed by atoms with van der Waals surface area (Å²) in [5.74, 6) is -3.25. The van der Waals surface area contributed by atoms with Gasteiger partial charge in [-0.15, -0.1) is 0 Å². The molecule has 0 bridgehead atoms. The zero-order valence-corrected chi connectivity index (χ0v) is 6.37. The molecule has 0 aliphatic heterocycles. The van der Waals surface area contributed by atoms with E-state index >= 15 is 0 Å². The van der Waals surface area contributed by atoms with Gasteiger partial charge in [-0.05, 0) is 13.8 Å². The molecule has 0 rings (SSSR count). The summed E-state index contributed by atoms with van der Waals surface area (Å²) in [6, 6.07) is 0. The molecule has 1 unspecified atom stereocenters. The van der Waals surface area contributed by atoms with Crippen molar-refractivity contribution in [2.75, 3.05) is 0 Å². The molecular weight excluding hydrogens is 148 g/mol. The van der Waals surface area contributed by atoms with Crippen LogP contribution in [0.5, 0.6) is 0 Å². The Morgan fingerprint density at radius 2 is 1.82 bits per heavy atom. The van der Waals surface area contributed by atoms with E-state index in [0.29, 0.717) is 0 Å². The highest BCUT2D eigenvalue weighted by molar-refractivity contribution is 5.93. The summed E-state index contributed by atoms with van der Waals surface area (Å²) in [6.45, 7) is 2.84. The summed E-state index contributed by atoms with van der Waals surface area (Å²) >= 11 is 0. The number of aliphatic carboxylic acids is 2. The van der Waals surface area contributed by atoms with E-state index in [1.165, 1.54) is 19.9 Å². The molecule has 0 aliphatic rings. The van der Waals surface area contributed by atoms with E-state index in [4.69, 9.17) is 10.2 Å².